The van der Waals surface area contributed by atoms with Crippen LogP contribution < -0.4 is 0 Å². The molecule has 5 nitrogen and oxygen atoms in total. The highest BCUT2D eigenvalue weighted by Gasteiger charge is 2.11. The van der Waals surface area contributed by atoms with Crippen molar-refractivity contribution in [3.63, 3.8) is 0 Å². The summed E-state index contributed by atoms with van der Waals surface area (Å²) < 4.78 is 1.88. The van der Waals surface area contributed by atoms with Crippen LogP contribution in [0, 0.1) is 12.8 Å². The highest BCUT2D eigenvalue weighted by atomic mass is 16.4. The van der Waals surface area contributed by atoms with Crippen molar-refractivity contribution in [2.24, 2.45) is 5.92 Å². The van der Waals surface area contributed by atoms with Crippen LogP contribution in [-0.2, 0) is 11.2 Å². The molecule has 0 fully saturated rings. The first kappa shape index (κ1) is 12.3. The zero-order valence-electron chi connectivity index (χ0n) is 10.4. The van der Waals surface area contributed by atoms with Crippen LogP contribution in [0.2, 0.25) is 0 Å². The molecule has 1 aromatic heterocycles. The Morgan fingerprint density at radius 2 is 2.06 bits per heavy atom. The van der Waals surface area contributed by atoms with Gasteiger partial charge in [-0.1, -0.05) is 19.1 Å². The van der Waals surface area contributed by atoms with E-state index in [9.17, 15) is 4.79 Å². The van der Waals surface area contributed by atoms with E-state index in [0.717, 1.165) is 17.1 Å². The number of benzene rings is 1. The molecule has 0 bridgehead atoms. The quantitative estimate of drug-likeness (QED) is 0.892. The summed E-state index contributed by atoms with van der Waals surface area (Å²) in [5.41, 5.74) is 1.99. The third kappa shape index (κ3) is 2.56. The molecule has 1 aromatic carbocycles. The molecular weight excluding hydrogens is 230 g/mol. The normalized spacial score (nSPS) is 12.3. The van der Waals surface area contributed by atoms with Crippen LogP contribution in [0.5, 0.6) is 0 Å². The molecule has 1 N–H and O–H groups in total. The maximum Gasteiger partial charge on any atom is 0.306 e. The van der Waals surface area contributed by atoms with Crippen molar-refractivity contribution in [3.05, 3.63) is 42.0 Å². The van der Waals surface area contributed by atoms with Gasteiger partial charge in [-0.05, 0) is 31.0 Å². The summed E-state index contributed by atoms with van der Waals surface area (Å²) in [6.45, 7) is 3.59. The number of nitrogens with zero attached hydrogens (tertiary/aromatic N) is 3. The first-order valence-corrected chi connectivity index (χ1v) is 5.76. The van der Waals surface area contributed by atoms with E-state index in [2.05, 4.69) is 10.2 Å². The third-order valence-electron chi connectivity index (χ3n) is 2.90. The SMILES string of the molecule is Cc1nncn1-c1ccc(CC(C)C(=O)O)cc1. The van der Waals surface area contributed by atoms with Crippen molar-refractivity contribution in [2.75, 3.05) is 0 Å². The molecule has 0 amide bonds. The van der Waals surface area contributed by atoms with Crippen LogP contribution >= 0.6 is 0 Å². The molecular formula is C13H15N3O2. The van der Waals surface area contributed by atoms with E-state index < -0.39 is 5.97 Å². The van der Waals surface area contributed by atoms with E-state index in [1.807, 2.05) is 35.8 Å². The van der Waals surface area contributed by atoms with Crippen molar-refractivity contribution in [1.82, 2.24) is 14.8 Å². The fraction of sp³-hybridized carbons (Fsp3) is 0.308. The number of carboxylic acids is 1. The minimum Gasteiger partial charge on any atom is -0.481 e. The van der Waals surface area contributed by atoms with Gasteiger partial charge in [-0.2, -0.15) is 0 Å². The maximum absolute atomic E-state index is 10.8. The molecule has 18 heavy (non-hydrogen) atoms. The topological polar surface area (TPSA) is 68.0 Å². The summed E-state index contributed by atoms with van der Waals surface area (Å²) in [5, 5.41) is 16.6. The summed E-state index contributed by atoms with van der Waals surface area (Å²) in [7, 11) is 0. The molecule has 0 saturated heterocycles. The van der Waals surface area contributed by atoms with Crippen LogP contribution in [0.25, 0.3) is 5.69 Å². The molecule has 2 rings (SSSR count). The van der Waals surface area contributed by atoms with E-state index >= 15 is 0 Å². The second-order valence-corrected chi connectivity index (χ2v) is 4.36. The van der Waals surface area contributed by atoms with Crippen molar-refractivity contribution in [3.8, 4) is 5.69 Å². The molecule has 0 aliphatic rings. The first-order chi connectivity index (χ1) is 8.58. The molecule has 0 aliphatic carbocycles. The average Bonchev–Trinajstić information content (AvgIpc) is 2.76. The second-order valence-electron chi connectivity index (χ2n) is 4.36. The molecule has 0 radical (unpaired) electrons. The van der Waals surface area contributed by atoms with Gasteiger partial charge in [0.1, 0.15) is 12.2 Å². The minimum atomic E-state index is -0.770. The summed E-state index contributed by atoms with van der Waals surface area (Å²) in [5.74, 6) is -0.317. The number of rotatable bonds is 4. The van der Waals surface area contributed by atoms with Gasteiger partial charge in [-0.3, -0.25) is 9.36 Å². The van der Waals surface area contributed by atoms with Gasteiger partial charge in [0.15, 0.2) is 0 Å². The Balaban J connectivity index is 2.16. The van der Waals surface area contributed by atoms with E-state index in [0.29, 0.717) is 6.42 Å². The highest BCUT2D eigenvalue weighted by molar-refractivity contribution is 5.69. The Morgan fingerprint density at radius 3 is 2.56 bits per heavy atom. The predicted molar refractivity (Wildman–Crippen MR) is 66.6 cm³/mol. The van der Waals surface area contributed by atoms with Crippen LogP contribution in [0.4, 0.5) is 0 Å². The predicted octanol–water partition coefficient (Wildman–Crippen LogP) is 1.84. The molecule has 0 saturated carbocycles. The summed E-state index contributed by atoms with van der Waals surface area (Å²) in [4.78, 5) is 10.8. The molecule has 94 valence electrons. The monoisotopic (exact) mass is 245 g/mol. The molecule has 0 spiro atoms. The Morgan fingerprint density at radius 1 is 1.39 bits per heavy atom. The first-order valence-electron chi connectivity index (χ1n) is 5.76. The maximum atomic E-state index is 10.8. The smallest absolute Gasteiger partial charge is 0.306 e. The second kappa shape index (κ2) is 5.00. The zero-order chi connectivity index (χ0) is 13.1. The molecule has 1 unspecified atom stereocenters. The lowest BCUT2D eigenvalue weighted by Gasteiger charge is -2.08. The number of aliphatic carboxylic acids is 1. The Bertz CT molecular complexity index is 546. The number of hydrogen-bond acceptors (Lipinski definition) is 3. The van der Waals surface area contributed by atoms with Crippen LogP contribution in [0.1, 0.15) is 18.3 Å². The third-order valence-corrected chi connectivity index (χ3v) is 2.90. The van der Waals surface area contributed by atoms with Gasteiger partial charge in [0, 0.05) is 5.69 Å². The average molecular weight is 245 g/mol. The zero-order valence-corrected chi connectivity index (χ0v) is 10.4. The van der Waals surface area contributed by atoms with E-state index in [1.165, 1.54) is 0 Å². The summed E-state index contributed by atoms with van der Waals surface area (Å²) in [6, 6.07) is 7.77. The standard InChI is InChI=1S/C13H15N3O2/c1-9(13(17)18)7-11-3-5-12(6-4-11)16-8-14-15-10(16)2/h3-6,8-9H,7H2,1-2H3,(H,17,18). The van der Waals surface area contributed by atoms with Gasteiger partial charge in [-0.25, -0.2) is 0 Å². The number of aromatic nitrogens is 3. The van der Waals surface area contributed by atoms with E-state index in [4.69, 9.17) is 5.11 Å². The number of aryl methyl sites for hydroxylation is 1. The van der Waals surface area contributed by atoms with Crippen molar-refractivity contribution < 1.29 is 9.90 Å². The van der Waals surface area contributed by atoms with Gasteiger partial charge in [-0.15, -0.1) is 10.2 Å². The summed E-state index contributed by atoms with van der Waals surface area (Å²) in [6.07, 6.45) is 2.20. The van der Waals surface area contributed by atoms with Crippen LogP contribution in [-0.4, -0.2) is 25.8 Å². The molecule has 1 heterocycles. The van der Waals surface area contributed by atoms with Gasteiger partial charge in [0.05, 0.1) is 5.92 Å². The number of carboxylic acid groups (broad SMARTS) is 1. The molecule has 0 aliphatic heterocycles. The molecule has 1 atom stereocenters. The van der Waals surface area contributed by atoms with E-state index in [1.54, 1.807) is 13.3 Å². The molecule has 2 aromatic rings. The largest absolute Gasteiger partial charge is 0.481 e. The number of carbonyl (C=O) groups is 1. The van der Waals surface area contributed by atoms with Gasteiger partial charge in [0.25, 0.3) is 0 Å². The summed E-state index contributed by atoms with van der Waals surface area (Å²) >= 11 is 0. The number of hydrogen-bond donors (Lipinski definition) is 1. The fourth-order valence-electron chi connectivity index (χ4n) is 1.78. The lowest BCUT2D eigenvalue weighted by molar-refractivity contribution is -0.141. The van der Waals surface area contributed by atoms with E-state index in [-0.39, 0.29) is 5.92 Å². The molecule has 5 heteroatoms. The minimum absolute atomic E-state index is 0.368. The van der Waals surface area contributed by atoms with Gasteiger partial charge >= 0.3 is 5.97 Å². The highest BCUT2D eigenvalue weighted by Crippen LogP contribution is 2.14. The fourth-order valence-corrected chi connectivity index (χ4v) is 1.78. The Hall–Kier alpha value is -2.17. The lowest BCUT2D eigenvalue weighted by atomic mass is 10.0. The van der Waals surface area contributed by atoms with Crippen molar-refractivity contribution >= 4 is 5.97 Å². The van der Waals surface area contributed by atoms with Crippen molar-refractivity contribution in [2.45, 2.75) is 20.3 Å². The Kier molecular flexibility index (Phi) is 3.41. The Labute approximate surface area is 105 Å². The van der Waals surface area contributed by atoms with Crippen molar-refractivity contribution in [1.29, 1.82) is 0 Å². The van der Waals surface area contributed by atoms with Gasteiger partial charge in [0.2, 0.25) is 0 Å². The van der Waals surface area contributed by atoms with Crippen LogP contribution in [0.3, 0.4) is 0 Å². The van der Waals surface area contributed by atoms with Crippen LogP contribution in [0.15, 0.2) is 30.6 Å². The lowest BCUT2D eigenvalue weighted by Crippen LogP contribution is -2.12. The van der Waals surface area contributed by atoms with Gasteiger partial charge < -0.3 is 5.11 Å².